The van der Waals surface area contributed by atoms with Crippen LogP contribution in [0.15, 0.2) is 24.3 Å². The Balaban J connectivity index is 2.57. The van der Waals surface area contributed by atoms with Gasteiger partial charge in [0.2, 0.25) is 0 Å². The van der Waals surface area contributed by atoms with E-state index < -0.39 is 0 Å². The van der Waals surface area contributed by atoms with E-state index in [1.54, 1.807) is 0 Å². The summed E-state index contributed by atoms with van der Waals surface area (Å²) < 4.78 is 0. The summed E-state index contributed by atoms with van der Waals surface area (Å²) in [5, 5.41) is 3.71. The first kappa shape index (κ1) is 18.0. The topological polar surface area (TPSA) is 15.3 Å². The van der Waals surface area contributed by atoms with Crippen molar-refractivity contribution in [3.05, 3.63) is 29.8 Å². The molecule has 1 rings (SSSR count). The van der Waals surface area contributed by atoms with Crippen LogP contribution < -0.4 is 10.2 Å². The maximum atomic E-state index is 3.71. The van der Waals surface area contributed by atoms with Crippen molar-refractivity contribution in [2.24, 2.45) is 5.41 Å². The molecule has 1 aromatic carbocycles. The van der Waals surface area contributed by atoms with Crippen LogP contribution in [0.3, 0.4) is 0 Å². The molecule has 1 atom stereocenters. The van der Waals surface area contributed by atoms with Crippen LogP contribution in [0.5, 0.6) is 0 Å². The van der Waals surface area contributed by atoms with Gasteiger partial charge in [0.25, 0.3) is 0 Å². The normalized spacial score (nSPS) is 13.2. The Kier molecular flexibility index (Phi) is 7.24. The standard InChI is InChI=1S/C19H34N2/c1-7-14-20-18(19(3,4)5)13-15-21(6)17-11-9-16(8-2)10-12-17/h9-12,18,20H,7-8,13-15H2,1-6H3. The van der Waals surface area contributed by atoms with E-state index in [1.165, 1.54) is 24.1 Å². The summed E-state index contributed by atoms with van der Waals surface area (Å²) in [5.74, 6) is 0. The van der Waals surface area contributed by atoms with E-state index in [-0.39, 0.29) is 0 Å². The number of nitrogens with one attached hydrogen (secondary N) is 1. The van der Waals surface area contributed by atoms with E-state index >= 15 is 0 Å². The molecule has 0 heterocycles. The van der Waals surface area contributed by atoms with Crippen LogP contribution in [0.25, 0.3) is 0 Å². The highest BCUT2D eigenvalue weighted by Gasteiger charge is 2.23. The molecule has 0 aliphatic carbocycles. The molecule has 120 valence electrons. The molecular weight excluding hydrogens is 256 g/mol. The van der Waals surface area contributed by atoms with Gasteiger partial charge < -0.3 is 10.2 Å². The molecule has 2 heteroatoms. The quantitative estimate of drug-likeness (QED) is 0.759. The van der Waals surface area contributed by atoms with Crippen LogP contribution in [0.1, 0.15) is 53.0 Å². The van der Waals surface area contributed by atoms with E-state index in [4.69, 9.17) is 0 Å². The fourth-order valence-corrected chi connectivity index (χ4v) is 2.60. The van der Waals surface area contributed by atoms with E-state index in [2.05, 4.69) is 76.1 Å². The van der Waals surface area contributed by atoms with Crippen molar-refractivity contribution in [2.45, 2.75) is 59.9 Å². The van der Waals surface area contributed by atoms with Gasteiger partial charge in [-0.15, -0.1) is 0 Å². The first-order valence-corrected chi connectivity index (χ1v) is 8.42. The Morgan fingerprint density at radius 3 is 2.19 bits per heavy atom. The number of nitrogens with zero attached hydrogens (tertiary/aromatic N) is 1. The van der Waals surface area contributed by atoms with Crippen molar-refractivity contribution in [2.75, 3.05) is 25.0 Å². The zero-order chi connectivity index (χ0) is 15.9. The minimum atomic E-state index is 0.308. The van der Waals surface area contributed by atoms with E-state index in [1.807, 2.05) is 0 Å². The van der Waals surface area contributed by atoms with Crippen LogP contribution in [0, 0.1) is 5.41 Å². The van der Waals surface area contributed by atoms with Gasteiger partial charge in [0.05, 0.1) is 0 Å². The first-order valence-electron chi connectivity index (χ1n) is 8.42. The summed E-state index contributed by atoms with van der Waals surface area (Å²) in [6, 6.07) is 9.52. The second kappa shape index (κ2) is 8.43. The van der Waals surface area contributed by atoms with E-state index in [9.17, 15) is 0 Å². The van der Waals surface area contributed by atoms with Gasteiger partial charge >= 0.3 is 0 Å². The minimum Gasteiger partial charge on any atom is -0.375 e. The number of hydrogen-bond donors (Lipinski definition) is 1. The molecule has 21 heavy (non-hydrogen) atoms. The van der Waals surface area contributed by atoms with Crippen molar-refractivity contribution in [1.82, 2.24) is 5.32 Å². The van der Waals surface area contributed by atoms with E-state index in [0.29, 0.717) is 11.5 Å². The molecule has 0 aromatic heterocycles. The van der Waals surface area contributed by atoms with Gasteiger partial charge in [0.15, 0.2) is 0 Å². The molecule has 1 unspecified atom stereocenters. The summed E-state index contributed by atoms with van der Waals surface area (Å²) in [7, 11) is 2.19. The van der Waals surface area contributed by atoms with Gasteiger partial charge in [-0.2, -0.15) is 0 Å². The largest absolute Gasteiger partial charge is 0.375 e. The lowest BCUT2D eigenvalue weighted by Gasteiger charge is -2.33. The fourth-order valence-electron chi connectivity index (χ4n) is 2.60. The van der Waals surface area contributed by atoms with E-state index in [0.717, 1.165) is 19.5 Å². The predicted octanol–water partition coefficient (Wildman–Crippen LogP) is 4.49. The smallest absolute Gasteiger partial charge is 0.0363 e. The molecule has 2 nitrogen and oxygen atoms in total. The van der Waals surface area contributed by atoms with Gasteiger partial charge in [0.1, 0.15) is 0 Å². The molecule has 0 spiro atoms. The second-order valence-electron chi connectivity index (χ2n) is 7.10. The van der Waals surface area contributed by atoms with Crippen molar-refractivity contribution in [3.8, 4) is 0 Å². The lowest BCUT2D eigenvalue weighted by molar-refractivity contribution is 0.257. The molecule has 1 aromatic rings. The molecule has 0 aliphatic rings. The third-order valence-electron chi connectivity index (χ3n) is 4.22. The monoisotopic (exact) mass is 290 g/mol. The third kappa shape index (κ3) is 6.09. The molecule has 0 saturated heterocycles. The zero-order valence-electron chi connectivity index (χ0n) is 14.9. The highest BCUT2D eigenvalue weighted by atomic mass is 15.1. The predicted molar refractivity (Wildman–Crippen MR) is 95.2 cm³/mol. The Morgan fingerprint density at radius 2 is 1.71 bits per heavy atom. The Bertz CT molecular complexity index is 389. The van der Waals surface area contributed by atoms with Crippen LogP contribution in [-0.2, 0) is 6.42 Å². The molecule has 0 fully saturated rings. The van der Waals surface area contributed by atoms with Crippen molar-refractivity contribution < 1.29 is 0 Å². The Hall–Kier alpha value is -1.02. The molecule has 0 radical (unpaired) electrons. The maximum Gasteiger partial charge on any atom is 0.0363 e. The Labute approximate surface area is 131 Å². The molecule has 0 amide bonds. The summed E-state index contributed by atoms with van der Waals surface area (Å²) >= 11 is 0. The molecular formula is C19H34N2. The number of anilines is 1. The van der Waals surface area contributed by atoms with Gasteiger partial charge in [-0.25, -0.2) is 0 Å². The van der Waals surface area contributed by atoms with Crippen molar-refractivity contribution in [3.63, 3.8) is 0 Å². The molecule has 0 saturated carbocycles. The van der Waals surface area contributed by atoms with Gasteiger partial charge in [0, 0.05) is 25.3 Å². The lowest BCUT2D eigenvalue weighted by Crippen LogP contribution is -2.42. The van der Waals surface area contributed by atoms with Crippen LogP contribution in [0.4, 0.5) is 5.69 Å². The van der Waals surface area contributed by atoms with Crippen LogP contribution in [-0.4, -0.2) is 26.2 Å². The SMILES string of the molecule is CCCNC(CCN(C)c1ccc(CC)cc1)C(C)(C)C. The summed E-state index contributed by atoms with van der Waals surface area (Å²) in [4.78, 5) is 2.37. The van der Waals surface area contributed by atoms with Crippen LogP contribution in [0.2, 0.25) is 0 Å². The van der Waals surface area contributed by atoms with Gasteiger partial charge in [-0.1, -0.05) is 46.8 Å². The highest BCUT2D eigenvalue weighted by molar-refractivity contribution is 5.46. The Morgan fingerprint density at radius 1 is 1.10 bits per heavy atom. The first-order chi connectivity index (χ1) is 9.88. The molecule has 0 aliphatic heterocycles. The highest BCUT2D eigenvalue weighted by Crippen LogP contribution is 2.23. The zero-order valence-corrected chi connectivity index (χ0v) is 14.9. The van der Waals surface area contributed by atoms with Crippen LogP contribution >= 0.6 is 0 Å². The number of rotatable bonds is 8. The minimum absolute atomic E-state index is 0.308. The summed E-state index contributed by atoms with van der Waals surface area (Å²) in [6.07, 6.45) is 3.48. The van der Waals surface area contributed by atoms with Gasteiger partial charge in [-0.05, 0) is 48.9 Å². The molecule has 1 N–H and O–H groups in total. The summed E-state index contributed by atoms with van der Waals surface area (Å²) in [5.41, 5.74) is 3.03. The number of hydrogen-bond acceptors (Lipinski definition) is 2. The second-order valence-corrected chi connectivity index (χ2v) is 7.10. The average molecular weight is 290 g/mol. The number of aryl methyl sites for hydroxylation is 1. The lowest BCUT2D eigenvalue weighted by atomic mass is 9.84. The maximum absolute atomic E-state index is 3.71. The van der Waals surface area contributed by atoms with Crippen molar-refractivity contribution >= 4 is 5.69 Å². The molecule has 0 bridgehead atoms. The van der Waals surface area contributed by atoms with Crippen molar-refractivity contribution in [1.29, 1.82) is 0 Å². The fraction of sp³-hybridized carbons (Fsp3) is 0.684. The summed E-state index contributed by atoms with van der Waals surface area (Å²) in [6.45, 7) is 13.6. The average Bonchev–Trinajstić information content (AvgIpc) is 2.45. The number of benzene rings is 1. The third-order valence-corrected chi connectivity index (χ3v) is 4.22. The van der Waals surface area contributed by atoms with Gasteiger partial charge in [-0.3, -0.25) is 0 Å².